The first kappa shape index (κ1) is 16.8. The van der Waals surface area contributed by atoms with E-state index < -0.39 is 7.12 Å². The molecule has 2 N–H and O–H groups in total. The van der Waals surface area contributed by atoms with E-state index in [0.717, 1.165) is 19.4 Å². The first-order valence-corrected chi connectivity index (χ1v) is 8.03. The van der Waals surface area contributed by atoms with E-state index in [2.05, 4.69) is 24.5 Å². The number of rotatable bonds is 4. The standard InChI is InChI=1S/C15H29BN2O3/c1-10(2)12(18-13(19)11-8-7-9-17-11)16-20-14(3,4)15(5,6)21-16/h10-12,17H,7-9H2,1-6H3,(H,18,19)/t11-,12-/m0/s1. The summed E-state index contributed by atoms with van der Waals surface area (Å²) >= 11 is 0. The smallest absolute Gasteiger partial charge is 0.402 e. The molecule has 2 heterocycles. The van der Waals surface area contributed by atoms with Crippen LogP contribution in [-0.2, 0) is 14.1 Å². The van der Waals surface area contributed by atoms with Crippen molar-refractivity contribution in [2.45, 2.75) is 77.6 Å². The summed E-state index contributed by atoms with van der Waals surface area (Å²) in [5.74, 6) is 0.159. The van der Waals surface area contributed by atoms with Crippen LogP contribution in [0.15, 0.2) is 0 Å². The summed E-state index contributed by atoms with van der Waals surface area (Å²) in [5, 5.41) is 6.35. The molecule has 6 heteroatoms. The van der Waals surface area contributed by atoms with Gasteiger partial charge in [-0.2, -0.15) is 0 Å². The van der Waals surface area contributed by atoms with Crippen LogP contribution in [0.5, 0.6) is 0 Å². The van der Waals surface area contributed by atoms with Crippen LogP contribution >= 0.6 is 0 Å². The highest BCUT2D eigenvalue weighted by molar-refractivity contribution is 6.48. The zero-order valence-corrected chi connectivity index (χ0v) is 14.2. The highest BCUT2D eigenvalue weighted by Gasteiger charge is 2.54. The second-order valence-corrected chi connectivity index (χ2v) is 7.55. The second kappa shape index (κ2) is 5.90. The van der Waals surface area contributed by atoms with Gasteiger partial charge in [-0.3, -0.25) is 4.79 Å². The lowest BCUT2D eigenvalue weighted by atomic mass is 9.72. The molecule has 0 saturated carbocycles. The van der Waals surface area contributed by atoms with Crippen molar-refractivity contribution in [1.29, 1.82) is 0 Å². The summed E-state index contributed by atoms with van der Waals surface area (Å²) in [5.41, 5.74) is -0.748. The van der Waals surface area contributed by atoms with E-state index in [0.29, 0.717) is 0 Å². The predicted molar refractivity (Wildman–Crippen MR) is 83.9 cm³/mol. The summed E-state index contributed by atoms with van der Waals surface area (Å²) in [6.07, 6.45) is 1.96. The molecule has 0 unspecified atom stereocenters. The minimum atomic E-state index is -0.402. The summed E-state index contributed by atoms with van der Waals surface area (Å²) in [4.78, 5) is 12.4. The Hall–Kier alpha value is -0.585. The minimum absolute atomic E-state index is 0.0564. The van der Waals surface area contributed by atoms with Crippen LogP contribution in [0.4, 0.5) is 0 Å². The molecule has 2 aliphatic heterocycles. The van der Waals surface area contributed by atoms with Gasteiger partial charge in [-0.1, -0.05) is 13.8 Å². The Morgan fingerprint density at radius 3 is 2.24 bits per heavy atom. The molecule has 2 saturated heterocycles. The molecule has 0 aliphatic carbocycles. The van der Waals surface area contributed by atoms with Gasteiger partial charge in [-0.25, -0.2) is 0 Å². The molecule has 21 heavy (non-hydrogen) atoms. The molecule has 2 rings (SSSR count). The van der Waals surface area contributed by atoms with Gasteiger partial charge in [0.25, 0.3) is 0 Å². The number of amides is 1. The Bertz CT molecular complexity index is 376. The summed E-state index contributed by atoms with van der Waals surface area (Å²) in [7, 11) is -0.402. The third-order valence-electron chi connectivity index (χ3n) is 4.97. The lowest BCUT2D eigenvalue weighted by Crippen LogP contribution is -2.54. The van der Waals surface area contributed by atoms with Gasteiger partial charge in [0.2, 0.25) is 5.91 Å². The Kier molecular flexibility index (Phi) is 4.71. The molecule has 1 amide bonds. The van der Waals surface area contributed by atoms with Crippen molar-refractivity contribution in [2.24, 2.45) is 5.92 Å². The molecule has 0 spiro atoms. The zero-order valence-electron chi connectivity index (χ0n) is 14.2. The van der Waals surface area contributed by atoms with Crippen LogP contribution in [-0.4, -0.2) is 42.8 Å². The zero-order chi connectivity index (χ0) is 15.8. The Labute approximate surface area is 128 Å². The second-order valence-electron chi connectivity index (χ2n) is 7.55. The van der Waals surface area contributed by atoms with Crippen LogP contribution < -0.4 is 10.6 Å². The third-order valence-corrected chi connectivity index (χ3v) is 4.97. The lowest BCUT2D eigenvalue weighted by molar-refractivity contribution is -0.123. The molecule has 0 radical (unpaired) electrons. The fourth-order valence-corrected chi connectivity index (χ4v) is 2.76. The largest absolute Gasteiger partial charge is 0.482 e. The first-order chi connectivity index (χ1) is 9.64. The minimum Gasteiger partial charge on any atom is -0.402 e. The molecule has 120 valence electrons. The summed E-state index contributed by atoms with van der Waals surface area (Å²) in [6.45, 7) is 13.2. The average Bonchev–Trinajstić information content (AvgIpc) is 2.93. The maximum absolute atomic E-state index is 12.4. The average molecular weight is 296 g/mol. The fraction of sp³-hybridized carbons (Fsp3) is 0.933. The van der Waals surface area contributed by atoms with Gasteiger partial charge in [0.1, 0.15) is 0 Å². The van der Waals surface area contributed by atoms with E-state index in [1.165, 1.54) is 0 Å². The monoisotopic (exact) mass is 296 g/mol. The highest BCUT2D eigenvalue weighted by Crippen LogP contribution is 2.38. The number of hydrogen-bond donors (Lipinski definition) is 2. The van der Waals surface area contributed by atoms with E-state index in [1.807, 2.05) is 27.7 Å². The number of carbonyl (C=O) groups is 1. The van der Waals surface area contributed by atoms with E-state index >= 15 is 0 Å². The van der Waals surface area contributed by atoms with Crippen molar-refractivity contribution in [3.05, 3.63) is 0 Å². The fourth-order valence-electron chi connectivity index (χ4n) is 2.76. The Balaban J connectivity index is 2.04. The Morgan fingerprint density at radius 2 is 1.81 bits per heavy atom. The van der Waals surface area contributed by atoms with Gasteiger partial charge >= 0.3 is 7.12 Å². The number of hydrogen-bond acceptors (Lipinski definition) is 4. The maximum Gasteiger partial charge on any atom is 0.482 e. The van der Waals surface area contributed by atoms with E-state index in [1.54, 1.807) is 0 Å². The molecule has 0 aromatic rings. The Morgan fingerprint density at radius 1 is 1.24 bits per heavy atom. The molecule has 2 aliphatic rings. The third kappa shape index (κ3) is 3.43. The highest BCUT2D eigenvalue weighted by atomic mass is 16.7. The molecule has 0 aromatic heterocycles. The van der Waals surface area contributed by atoms with Crippen molar-refractivity contribution in [3.8, 4) is 0 Å². The topological polar surface area (TPSA) is 59.6 Å². The molecule has 2 fully saturated rings. The summed E-state index contributed by atoms with van der Waals surface area (Å²) in [6, 6.07) is -0.0753. The molecular formula is C15H29BN2O3. The number of nitrogens with one attached hydrogen (secondary N) is 2. The van der Waals surface area contributed by atoms with Crippen LogP contribution in [0.3, 0.4) is 0 Å². The van der Waals surface area contributed by atoms with Gasteiger partial charge < -0.3 is 19.9 Å². The molecule has 5 nitrogen and oxygen atoms in total. The predicted octanol–water partition coefficient (Wildman–Crippen LogP) is 1.51. The van der Waals surface area contributed by atoms with E-state index in [9.17, 15) is 4.79 Å². The van der Waals surface area contributed by atoms with Gasteiger partial charge in [0, 0.05) is 0 Å². The SMILES string of the molecule is CC(C)[C@H](NC(=O)[C@@H]1CCCN1)B1OC(C)(C)C(C)(C)O1. The van der Waals surface area contributed by atoms with Crippen molar-refractivity contribution < 1.29 is 14.1 Å². The van der Waals surface area contributed by atoms with Gasteiger partial charge in [0.15, 0.2) is 0 Å². The first-order valence-electron chi connectivity index (χ1n) is 8.03. The summed E-state index contributed by atoms with van der Waals surface area (Å²) < 4.78 is 12.2. The van der Waals surface area contributed by atoms with Crippen LogP contribution in [0, 0.1) is 5.92 Å². The molecule has 2 atom stereocenters. The van der Waals surface area contributed by atoms with Gasteiger partial charge in [-0.15, -0.1) is 0 Å². The number of carbonyl (C=O) groups excluding carboxylic acids is 1. The molecule has 0 aromatic carbocycles. The molecule has 0 bridgehead atoms. The normalized spacial score (nSPS) is 28.9. The van der Waals surface area contributed by atoms with Crippen LogP contribution in [0.1, 0.15) is 54.4 Å². The van der Waals surface area contributed by atoms with Crippen LogP contribution in [0.2, 0.25) is 0 Å². The lowest BCUT2D eigenvalue weighted by Gasteiger charge is -2.32. The molecular weight excluding hydrogens is 267 g/mol. The van der Waals surface area contributed by atoms with Crippen molar-refractivity contribution in [2.75, 3.05) is 6.54 Å². The van der Waals surface area contributed by atoms with Crippen LogP contribution in [0.25, 0.3) is 0 Å². The van der Waals surface area contributed by atoms with Gasteiger partial charge in [-0.05, 0) is 53.0 Å². The van der Waals surface area contributed by atoms with E-state index in [4.69, 9.17) is 9.31 Å². The van der Waals surface area contributed by atoms with Crippen molar-refractivity contribution >= 4 is 13.0 Å². The van der Waals surface area contributed by atoms with Crippen molar-refractivity contribution in [1.82, 2.24) is 10.6 Å². The van der Waals surface area contributed by atoms with Gasteiger partial charge in [0.05, 0.1) is 23.2 Å². The van der Waals surface area contributed by atoms with E-state index in [-0.39, 0.29) is 35.0 Å². The van der Waals surface area contributed by atoms with Crippen molar-refractivity contribution in [3.63, 3.8) is 0 Å². The maximum atomic E-state index is 12.4. The quantitative estimate of drug-likeness (QED) is 0.772.